The molecule has 0 radical (unpaired) electrons. The zero-order valence-electron chi connectivity index (χ0n) is 14.2. The number of benzene rings is 1. The molecule has 22 heavy (non-hydrogen) atoms. The highest BCUT2D eigenvalue weighted by atomic mass is 15.1. The third-order valence-electron chi connectivity index (χ3n) is 3.97. The van der Waals surface area contributed by atoms with E-state index in [0.29, 0.717) is 6.04 Å². The van der Waals surface area contributed by atoms with Gasteiger partial charge in [-0.1, -0.05) is 26.8 Å². The first kappa shape index (κ1) is 16.7. The lowest BCUT2D eigenvalue weighted by atomic mass is 10.0. The maximum Gasteiger partial charge on any atom is 0.0959 e. The van der Waals surface area contributed by atoms with Gasteiger partial charge in [0.2, 0.25) is 0 Å². The van der Waals surface area contributed by atoms with Crippen LogP contribution in [0.25, 0.3) is 0 Å². The standard InChI is InChI=1S/C15H22N4.C3H8/c1-11-16-10-12-9-14(3-4-15(12)17-11)18-13-5-7-19(2)8-6-13;1-3-2/h3-4,9,13,16-18H,1,5-8,10H2,2H3;3H2,1-2H3. The molecule has 0 atom stereocenters. The number of piperidine rings is 1. The lowest BCUT2D eigenvalue weighted by Gasteiger charge is -2.30. The van der Waals surface area contributed by atoms with Crippen molar-refractivity contribution in [1.29, 1.82) is 0 Å². The van der Waals surface area contributed by atoms with Crippen molar-refractivity contribution in [3.63, 3.8) is 0 Å². The van der Waals surface area contributed by atoms with Crippen LogP contribution in [0.3, 0.4) is 0 Å². The Bertz CT molecular complexity index is 490. The Morgan fingerprint density at radius 3 is 2.64 bits per heavy atom. The van der Waals surface area contributed by atoms with E-state index in [9.17, 15) is 0 Å². The molecule has 4 heteroatoms. The van der Waals surface area contributed by atoms with Crippen molar-refractivity contribution in [3.05, 3.63) is 36.2 Å². The van der Waals surface area contributed by atoms with Gasteiger partial charge in [0.25, 0.3) is 0 Å². The number of nitrogens with one attached hydrogen (secondary N) is 3. The van der Waals surface area contributed by atoms with Crippen molar-refractivity contribution >= 4 is 11.4 Å². The molecule has 0 amide bonds. The summed E-state index contributed by atoms with van der Waals surface area (Å²) < 4.78 is 0. The SMILES string of the molecule is C=C1NCc2cc(NC3CCN(C)CC3)ccc2N1.CCC. The summed E-state index contributed by atoms with van der Waals surface area (Å²) in [6.45, 7) is 11.4. The van der Waals surface area contributed by atoms with E-state index in [-0.39, 0.29) is 0 Å². The van der Waals surface area contributed by atoms with Crippen molar-refractivity contribution in [2.75, 3.05) is 30.8 Å². The molecule has 1 aromatic carbocycles. The molecular formula is C18H30N4. The fourth-order valence-electron chi connectivity index (χ4n) is 2.75. The summed E-state index contributed by atoms with van der Waals surface area (Å²) in [6, 6.07) is 7.13. The maximum absolute atomic E-state index is 3.89. The normalized spacial score (nSPS) is 18.4. The highest BCUT2D eigenvalue weighted by Gasteiger charge is 2.17. The van der Waals surface area contributed by atoms with E-state index in [1.165, 1.54) is 43.6 Å². The number of fused-ring (bicyclic) bond motifs is 1. The Labute approximate surface area is 135 Å². The minimum Gasteiger partial charge on any atom is -0.382 e. The van der Waals surface area contributed by atoms with Gasteiger partial charge in [-0.05, 0) is 56.7 Å². The summed E-state index contributed by atoms with van der Waals surface area (Å²) in [5.41, 5.74) is 3.69. The van der Waals surface area contributed by atoms with Gasteiger partial charge in [0, 0.05) is 24.0 Å². The predicted molar refractivity (Wildman–Crippen MR) is 96.2 cm³/mol. The second-order valence-corrected chi connectivity index (χ2v) is 6.26. The predicted octanol–water partition coefficient (Wildman–Crippen LogP) is 3.60. The highest BCUT2D eigenvalue weighted by molar-refractivity contribution is 5.63. The average molecular weight is 302 g/mol. The first-order chi connectivity index (χ1) is 10.6. The Morgan fingerprint density at radius 2 is 1.95 bits per heavy atom. The minimum absolute atomic E-state index is 0.605. The molecule has 4 nitrogen and oxygen atoms in total. The fourth-order valence-corrected chi connectivity index (χ4v) is 2.75. The molecule has 0 spiro atoms. The monoisotopic (exact) mass is 302 g/mol. The van der Waals surface area contributed by atoms with Crippen LogP contribution in [-0.4, -0.2) is 31.1 Å². The summed E-state index contributed by atoms with van der Waals surface area (Å²) in [4.78, 5) is 2.39. The average Bonchev–Trinajstić information content (AvgIpc) is 2.51. The molecule has 1 saturated heterocycles. The zero-order valence-corrected chi connectivity index (χ0v) is 14.2. The molecule has 0 aliphatic carbocycles. The van der Waals surface area contributed by atoms with Gasteiger partial charge in [-0.2, -0.15) is 0 Å². The third kappa shape index (κ3) is 4.67. The minimum atomic E-state index is 0.605. The molecule has 3 rings (SSSR count). The van der Waals surface area contributed by atoms with E-state index in [1.807, 2.05) is 0 Å². The summed E-state index contributed by atoms with van der Waals surface area (Å²) in [5.74, 6) is 0.878. The van der Waals surface area contributed by atoms with Gasteiger partial charge in [-0.15, -0.1) is 0 Å². The van der Waals surface area contributed by atoms with Gasteiger partial charge in [-0.3, -0.25) is 0 Å². The van der Waals surface area contributed by atoms with E-state index in [4.69, 9.17) is 0 Å². The van der Waals surface area contributed by atoms with Gasteiger partial charge >= 0.3 is 0 Å². The largest absolute Gasteiger partial charge is 0.382 e. The number of hydrogen-bond acceptors (Lipinski definition) is 4. The third-order valence-corrected chi connectivity index (χ3v) is 3.97. The van der Waals surface area contributed by atoms with E-state index in [2.05, 4.69) is 66.5 Å². The molecule has 122 valence electrons. The maximum atomic E-state index is 3.89. The summed E-state index contributed by atoms with van der Waals surface area (Å²) >= 11 is 0. The van der Waals surface area contributed by atoms with Crippen molar-refractivity contribution in [1.82, 2.24) is 10.2 Å². The van der Waals surface area contributed by atoms with E-state index in [0.717, 1.165) is 18.1 Å². The first-order valence-electron chi connectivity index (χ1n) is 8.40. The molecular weight excluding hydrogens is 272 g/mol. The molecule has 0 unspecified atom stereocenters. The molecule has 0 bridgehead atoms. The Hall–Kier alpha value is -1.68. The molecule has 3 N–H and O–H groups in total. The number of nitrogens with zero attached hydrogens (tertiary/aromatic N) is 1. The first-order valence-corrected chi connectivity index (χ1v) is 8.40. The van der Waals surface area contributed by atoms with Crippen molar-refractivity contribution in [2.45, 2.75) is 45.7 Å². The quantitative estimate of drug-likeness (QED) is 0.780. The van der Waals surface area contributed by atoms with Crippen molar-refractivity contribution in [2.24, 2.45) is 0 Å². The van der Waals surface area contributed by atoms with Crippen LogP contribution in [0, 0.1) is 0 Å². The lowest BCUT2D eigenvalue weighted by Crippen LogP contribution is -2.36. The number of rotatable bonds is 2. The second kappa shape index (κ2) is 8.08. The number of anilines is 2. The zero-order chi connectivity index (χ0) is 15.9. The van der Waals surface area contributed by atoms with Crippen LogP contribution < -0.4 is 16.0 Å². The number of hydrogen-bond donors (Lipinski definition) is 3. The van der Waals surface area contributed by atoms with Crippen LogP contribution >= 0.6 is 0 Å². The fraction of sp³-hybridized carbons (Fsp3) is 0.556. The van der Waals surface area contributed by atoms with Crippen LogP contribution in [0.5, 0.6) is 0 Å². The lowest BCUT2D eigenvalue weighted by molar-refractivity contribution is 0.264. The topological polar surface area (TPSA) is 39.3 Å². The van der Waals surface area contributed by atoms with Crippen LogP contribution in [0.15, 0.2) is 30.6 Å². The van der Waals surface area contributed by atoms with Gasteiger partial charge in [-0.25, -0.2) is 0 Å². The van der Waals surface area contributed by atoms with Crippen LogP contribution in [0.4, 0.5) is 11.4 Å². The molecule has 2 aliphatic heterocycles. The van der Waals surface area contributed by atoms with Crippen LogP contribution in [-0.2, 0) is 6.54 Å². The van der Waals surface area contributed by atoms with Gasteiger partial charge in [0.05, 0.1) is 5.82 Å². The van der Waals surface area contributed by atoms with Crippen LogP contribution in [0.2, 0.25) is 0 Å². The Balaban J connectivity index is 0.000000545. The van der Waals surface area contributed by atoms with E-state index >= 15 is 0 Å². The Kier molecular flexibility index (Phi) is 6.13. The van der Waals surface area contributed by atoms with Gasteiger partial charge in [0.1, 0.15) is 0 Å². The molecule has 2 aliphatic rings. The van der Waals surface area contributed by atoms with E-state index < -0.39 is 0 Å². The molecule has 1 fully saturated rings. The molecule has 0 aromatic heterocycles. The highest BCUT2D eigenvalue weighted by Crippen LogP contribution is 2.25. The summed E-state index contributed by atoms with van der Waals surface area (Å²) in [5, 5.41) is 10.1. The molecule has 2 heterocycles. The summed E-state index contributed by atoms with van der Waals surface area (Å²) in [6.07, 6.45) is 3.70. The summed E-state index contributed by atoms with van der Waals surface area (Å²) in [7, 11) is 2.19. The molecule has 0 saturated carbocycles. The molecule has 1 aromatic rings. The van der Waals surface area contributed by atoms with E-state index in [1.54, 1.807) is 0 Å². The van der Waals surface area contributed by atoms with Crippen molar-refractivity contribution < 1.29 is 0 Å². The van der Waals surface area contributed by atoms with Gasteiger partial charge < -0.3 is 20.9 Å². The second-order valence-electron chi connectivity index (χ2n) is 6.26. The van der Waals surface area contributed by atoms with Gasteiger partial charge in [0.15, 0.2) is 0 Å². The number of likely N-dealkylation sites (tertiary alicyclic amines) is 1. The van der Waals surface area contributed by atoms with Crippen LogP contribution in [0.1, 0.15) is 38.7 Å². The Morgan fingerprint density at radius 1 is 1.27 bits per heavy atom. The smallest absolute Gasteiger partial charge is 0.0959 e. The van der Waals surface area contributed by atoms with Crippen molar-refractivity contribution in [3.8, 4) is 0 Å².